The Morgan fingerprint density at radius 2 is 1.89 bits per heavy atom. The third-order valence-corrected chi connectivity index (χ3v) is 6.85. The van der Waals surface area contributed by atoms with Gasteiger partial charge >= 0.3 is 0 Å². The minimum atomic E-state index is 0.401. The summed E-state index contributed by atoms with van der Waals surface area (Å²) in [5, 5.41) is 14.4. The molecule has 0 unspecified atom stereocenters. The summed E-state index contributed by atoms with van der Waals surface area (Å²) in [6, 6.07) is 20.1. The first-order valence-electron chi connectivity index (χ1n) is 11.4. The first kappa shape index (κ1) is 21.6. The fraction of sp³-hybridized carbons (Fsp3) is 0.240. The van der Waals surface area contributed by atoms with Crippen molar-refractivity contribution in [1.82, 2.24) is 19.6 Å². The molecule has 0 N–H and O–H groups in total. The standard InChI is InChI=1S/C25H23N7O2S/c1-33-25-28-24-18(8-5-9-20(24)35-25)16-26-29-21-15-23(31-10-12-34-13-11-31)32-22(27-21)14-19(30-32)17-6-3-2-4-7-17/h2-9,14-15H,10-13,16H2,1H3. The molecule has 1 saturated heterocycles. The van der Waals surface area contributed by atoms with E-state index in [0.717, 1.165) is 51.6 Å². The SMILES string of the molecule is COc1nc2c(CN=Nc3cc(N4CCOCC4)n4nc(-c5ccccc5)cc4n3)cccc2s1. The van der Waals surface area contributed by atoms with E-state index < -0.39 is 0 Å². The summed E-state index contributed by atoms with van der Waals surface area (Å²) in [5.74, 6) is 1.47. The van der Waals surface area contributed by atoms with Gasteiger partial charge in [0.1, 0.15) is 5.82 Å². The molecular weight excluding hydrogens is 462 g/mol. The fourth-order valence-corrected chi connectivity index (χ4v) is 4.98. The number of thiazole rings is 1. The van der Waals surface area contributed by atoms with Gasteiger partial charge in [-0.3, -0.25) is 0 Å². The van der Waals surface area contributed by atoms with Gasteiger partial charge in [0, 0.05) is 36.3 Å². The predicted octanol–water partition coefficient (Wildman–Crippen LogP) is 5.14. The van der Waals surface area contributed by atoms with E-state index in [0.29, 0.717) is 30.8 Å². The topological polar surface area (TPSA) is 89.5 Å². The number of methoxy groups -OCH3 is 1. The van der Waals surface area contributed by atoms with E-state index in [9.17, 15) is 0 Å². The zero-order valence-electron chi connectivity index (χ0n) is 19.2. The predicted molar refractivity (Wildman–Crippen MR) is 136 cm³/mol. The molecule has 0 radical (unpaired) electrons. The molecule has 0 saturated carbocycles. The molecule has 176 valence electrons. The van der Waals surface area contributed by atoms with Crippen molar-refractivity contribution in [2.75, 3.05) is 38.3 Å². The summed E-state index contributed by atoms with van der Waals surface area (Å²) in [6.45, 7) is 3.31. The Balaban J connectivity index is 1.35. The molecule has 0 aliphatic carbocycles. The molecule has 10 heteroatoms. The molecule has 3 aromatic heterocycles. The summed E-state index contributed by atoms with van der Waals surface area (Å²) in [6.07, 6.45) is 0. The summed E-state index contributed by atoms with van der Waals surface area (Å²) in [5.41, 5.74) is 4.53. The molecule has 1 fully saturated rings. The number of aromatic nitrogens is 4. The van der Waals surface area contributed by atoms with Crippen molar-refractivity contribution in [2.45, 2.75) is 6.54 Å². The molecule has 0 amide bonds. The van der Waals surface area contributed by atoms with Crippen LogP contribution in [0.4, 0.5) is 11.6 Å². The van der Waals surface area contributed by atoms with Crippen LogP contribution in [0, 0.1) is 0 Å². The Morgan fingerprint density at radius 1 is 1.03 bits per heavy atom. The van der Waals surface area contributed by atoms with Crippen molar-refractivity contribution in [1.29, 1.82) is 0 Å². The van der Waals surface area contributed by atoms with Gasteiger partial charge in [-0.15, -0.1) is 5.11 Å². The van der Waals surface area contributed by atoms with Crippen molar-refractivity contribution in [3.8, 4) is 16.5 Å². The molecule has 0 atom stereocenters. The Labute approximate surface area is 205 Å². The molecule has 2 aromatic carbocycles. The Hall–Kier alpha value is -3.89. The lowest BCUT2D eigenvalue weighted by Gasteiger charge is -2.28. The van der Waals surface area contributed by atoms with Gasteiger partial charge in [0.25, 0.3) is 5.19 Å². The third kappa shape index (κ3) is 4.33. The summed E-state index contributed by atoms with van der Waals surface area (Å²) in [7, 11) is 1.63. The number of para-hydroxylation sites is 1. The monoisotopic (exact) mass is 485 g/mol. The second kappa shape index (κ2) is 9.40. The molecule has 0 bridgehead atoms. The maximum Gasteiger partial charge on any atom is 0.274 e. The highest BCUT2D eigenvalue weighted by molar-refractivity contribution is 7.20. The number of benzene rings is 2. The fourth-order valence-electron chi connectivity index (χ4n) is 4.15. The normalized spacial score (nSPS) is 14.4. The smallest absolute Gasteiger partial charge is 0.274 e. The van der Waals surface area contributed by atoms with Crippen LogP contribution in [0.5, 0.6) is 5.19 Å². The number of nitrogens with zero attached hydrogens (tertiary/aromatic N) is 7. The largest absolute Gasteiger partial charge is 0.473 e. The molecular formula is C25H23N7O2S. The van der Waals surface area contributed by atoms with E-state index in [-0.39, 0.29) is 0 Å². The maximum atomic E-state index is 5.55. The number of azo groups is 1. The highest BCUT2D eigenvalue weighted by Gasteiger charge is 2.18. The van der Waals surface area contributed by atoms with E-state index in [4.69, 9.17) is 19.6 Å². The van der Waals surface area contributed by atoms with Gasteiger partial charge in [-0.1, -0.05) is 53.8 Å². The zero-order valence-corrected chi connectivity index (χ0v) is 20.0. The highest BCUT2D eigenvalue weighted by Crippen LogP contribution is 2.31. The lowest BCUT2D eigenvalue weighted by Crippen LogP contribution is -2.37. The van der Waals surface area contributed by atoms with Crippen molar-refractivity contribution in [2.24, 2.45) is 10.2 Å². The second-order valence-electron chi connectivity index (χ2n) is 8.08. The molecule has 4 heterocycles. The van der Waals surface area contributed by atoms with Crippen LogP contribution in [-0.2, 0) is 11.3 Å². The molecule has 1 aliphatic heterocycles. The van der Waals surface area contributed by atoms with Crippen LogP contribution >= 0.6 is 11.3 Å². The first-order chi connectivity index (χ1) is 17.3. The third-order valence-electron chi connectivity index (χ3n) is 5.87. The van der Waals surface area contributed by atoms with E-state index in [1.165, 1.54) is 11.3 Å². The minimum Gasteiger partial charge on any atom is -0.473 e. The van der Waals surface area contributed by atoms with Gasteiger partial charge in [-0.25, -0.2) is 9.97 Å². The second-order valence-corrected chi connectivity index (χ2v) is 9.08. The number of fused-ring (bicyclic) bond motifs is 2. The Morgan fingerprint density at radius 3 is 2.71 bits per heavy atom. The van der Waals surface area contributed by atoms with Crippen LogP contribution in [0.3, 0.4) is 0 Å². The van der Waals surface area contributed by atoms with E-state index in [1.807, 2.05) is 65.2 Å². The van der Waals surface area contributed by atoms with Crippen LogP contribution in [0.15, 0.2) is 70.9 Å². The van der Waals surface area contributed by atoms with E-state index >= 15 is 0 Å². The van der Waals surface area contributed by atoms with Crippen molar-refractivity contribution in [3.63, 3.8) is 0 Å². The molecule has 1 aliphatic rings. The summed E-state index contributed by atoms with van der Waals surface area (Å²) in [4.78, 5) is 11.5. The molecule has 35 heavy (non-hydrogen) atoms. The number of ether oxygens (including phenoxy) is 2. The van der Waals surface area contributed by atoms with Crippen LogP contribution in [0.1, 0.15) is 5.56 Å². The zero-order chi connectivity index (χ0) is 23.6. The number of hydrogen-bond donors (Lipinski definition) is 0. The molecule has 5 aromatic rings. The lowest BCUT2D eigenvalue weighted by molar-refractivity contribution is 0.122. The number of anilines is 1. The lowest BCUT2D eigenvalue weighted by atomic mass is 10.2. The van der Waals surface area contributed by atoms with Gasteiger partial charge < -0.3 is 14.4 Å². The van der Waals surface area contributed by atoms with Crippen LogP contribution in [0.25, 0.3) is 27.1 Å². The average Bonchev–Trinajstić information content (AvgIpc) is 3.54. The van der Waals surface area contributed by atoms with Gasteiger partial charge in [-0.2, -0.15) is 14.7 Å². The van der Waals surface area contributed by atoms with E-state index in [1.54, 1.807) is 7.11 Å². The number of hydrogen-bond acceptors (Lipinski definition) is 9. The summed E-state index contributed by atoms with van der Waals surface area (Å²) < 4.78 is 13.8. The Bertz CT molecular complexity index is 1510. The minimum absolute atomic E-state index is 0.401. The highest BCUT2D eigenvalue weighted by atomic mass is 32.1. The quantitative estimate of drug-likeness (QED) is 0.310. The van der Waals surface area contributed by atoms with E-state index in [2.05, 4.69) is 20.1 Å². The van der Waals surface area contributed by atoms with Gasteiger partial charge in [0.05, 0.1) is 42.8 Å². The Kier molecular flexibility index (Phi) is 5.81. The number of morpholine rings is 1. The van der Waals surface area contributed by atoms with Crippen molar-refractivity contribution in [3.05, 3.63) is 66.2 Å². The van der Waals surface area contributed by atoms with Crippen molar-refractivity contribution < 1.29 is 9.47 Å². The maximum absolute atomic E-state index is 5.55. The summed E-state index contributed by atoms with van der Waals surface area (Å²) >= 11 is 1.52. The molecule has 9 nitrogen and oxygen atoms in total. The number of rotatable bonds is 6. The van der Waals surface area contributed by atoms with Crippen LogP contribution in [-0.4, -0.2) is 53.0 Å². The van der Waals surface area contributed by atoms with Gasteiger partial charge in [0.15, 0.2) is 11.5 Å². The van der Waals surface area contributed by atoms with Crippen LogP contribution < -0.4 is 9.64 Å². The average molecular weight is 486 g/mol. The van der Waals surface area contributed by atoms with Crippen molar-refractivity contribution >= 4 is 38.8 Å². The van der Waals surface area contributed by atoms with Gasteiger partial charge in [0.2, 0.25) is 0 Å². The molecule has 0 spiro atoms. The first-order valence-corrected chi connectivity index (χ1v) is 12.2. The van der Waals surface area contributed by atoms with Crippen LogP contribution in [0.2, 0.25) is 0 Å². The molecule has 6 rings (SSSR count). The van der Waals surface area contributed by atoms with Gasteiger partial charge in [-0.05, 0) is 6.07 Å².